The largest absolute Gasteiger partial charge is 0.478 e. The fourth-order valence-corrected chi connectivity index (χ4v) is 4.47. The summed E-state index contributed by atoms with van der Waals surface area (Å²) in [5, 5.41) is 19.5. The SMILES string of the molecule is CC(C)CCc1cccc(C(=O)O)c1Sc1c(CCC(C)C)cccc1C(=O)O. The van der Waals surface area contributed by atoms with E-state index in [0.717, 1.165) is 36.8 Å². The van der Waals surface area contributed by atoms with Gasteiger partial charge in [0.15, 0.2) is 0 Å². The lowest BCUT2D eigenvalue weighted by Crippen LogP contribution is -2.06. The van der Waals surface area contributed by atoms with Crippen molar-refractivity contribution in [2.45, 2.75) is 63.2 Å². The van der Waals surface area contributed by atoms with Gasteiger partial charge in [0.25, 0.3) is 0 Å². The van der Waals surface area contributed by atoms with Gasteiger partial charge < -0.3 is 10.2 Å². The standard InChI is InChI=1S/C24H30O4S/c1-15(2)11-13-17-7-5-9-19(23(25)26)21(17)29-22-18(14-12-16(3)4)8-6-10-20(22)24(27)28/h5-10,15-16H,11-14H2,1-4H3,(H,25,26)(H,27,28). The average Bonchev–Trinajstić information content (AvgIpc) is 2.65. The molecule has 0 aromatic heterocycles. The van der Waals surface area contributed by atoms with Crippen LogP contribution in [0.2, 0.25) is 0 Å². The van der Waals surface area contributed by atoms with Crippen LogP contribution in [0.15, 0.2) is 46.2 Å². The zero-order chi connectivity index (χ0) is 21.6. The molecule has 2 N–H and O–H groups in total. The van der Waals surface area contributed by atoms with Gasteiger partial charge in [-0.05, 0) is 60.8 Å². The number of carboxylic acids is 2. The van der Waals surface area contributed by atoms with E-state index < -0.39 is 11.9 Å². The van der Waals surface area contributed by atoms with Crippen LogP contribution in [0, 0.1) is 11.8 Å². The zero-order valence-corrected chi connectivity index (χ0v) is 18.4. The highest BCUT2D eigenvalue weighted by molar-refractivity contribution is 7.99. The number of carboxylic acid groups (broad SMARTS) is 2. The third-order valence-electron chi connectivity index (χ3n) is 4.84. The highest BCUT2D eigenvalue weighted by Gasteiger charge is 2.21. The Labute approximate surface area is 177 Å². The lowest BCUT2D eigenvalue weighted by Gasteiger charge is -2.17. The van der Waals surface area contributed by atoms with Gasteiger partial charge in [0.1, 0.15) is 0 Å². The van der Waals surface area contributed by atoms with Crippen molar-refractivity contribution in [2.24, 2.45) is 11.8 Å². The van der Waals surface area contributed by atoms with Crippen LogP contribution >= 0.6 is 11.8 Å². The van der Waals surface area contributed by atoms with E-state index >= 15 is 0 Å². The van der Waals surface area contributed by atoms with E-state index in [-0.39, 0.29) is 11.1 Å². The monoisotopic (exact) mass is 414 g/mol. The number of carbonyl (C=O) groups is 2. The molecular weight excluding hydrogens is 384 g/mol. The summed E-state index contributed by atoms with van der Waals surface area (Å²) in [7, 11) is 0. The first-order valence-corrected chi connectivity index (χ1v) is 10.9. The molecule has 29 heavy (non-hydrogen) atoms. The van der Waals surface area contributed by atoms with Gasteiger partial charge in [-0.2, -0.15) is 0 Å². The van der Waals surface area contributed by atoms with E-state index in [2.05, 4.69) is 27.7 Å². The van der Waals surface area contributed by atoms with Gasteiger partial charge in [-0.25, -0.2) is 9.59 Å². The number of hydrogen-bond acceptors (Lipinski definition) is 3. The maximum Gasteiger partial charge on any atom is 0.336 e. The van der Waals surface area contributed by atoms with E-state index in [9.17, 15) is 19.8 Å². The van der Waals surface area contributed by atoms with Crippen LogP contribution in [0.25, 0.3) is 0 Å². The predicted octanol–water partition coefficient (Wildman–Crippen LogP) is 6.41. The van der Waals surface area contributed by atoms with Crippen molar-refractivity contribution in [2.75, 3.05) is 0 Å². The van der Waals surface area contributed by atoms with Gasteiger partial charge >= 0.3 is 11.9 Å². The summed E-state index contributed by atoms with van der Waals surface area (Å²) in [6.45, 7) is 8.55. The molecule has 0 heterocycles. The lowest BCUT2D eigenvalue weighted by atomic mass is 10.0. The second-order valence-electron chi connectivity index (χ2n) is 8.17. The maximum absolute atomic E-state index is 11.9. The lowest BCUT2D eigenvalue weighted by molar-refractivity contribution is 0.0683. The molecule has 0 bridgehead atoms. The third kappa shape index (κ3) is 6.36. The summed E-state index contributed by atoms with van der Waals surface area (Å²) >= 11 is 1.29. The van der Waals surface area contributed by atoms with Crippen LogP contribution in [-0.4, -0.2) is 22.2 Å². The van der Waals surface area contributed by atoms with Gasteiger partial charge in [0.2, 0.25) is 0 Å². The van der Waals surface area contributed by atoms with Crippen molar-refractivity contribution in [3.63, 3.8) is 0 Å². The van der Waals surface area contributed by atoms with E-state index in [4.69, 9.17) is 0 Å². The number of hydrogen-bond donors (Lipinski definition) is 2. The molecule has 0 unspecified atom stereocenters. The van der Waals surface area contributed by atoms with Crippen LogP contribution in [0.4, 0.5) is 0 Å². The Morgan fingerprint density at radius 3 is 1.45 bits per heavy atom. The quantitative estimate of drug-likeness (QED) is 0.470. The fourth-order valence-electron chi connectivity index (χ4n) is 3.13. The Bertz CT molecular complexity index is 800. The molecule has 0 radical (unpaired) electrons. The second kappa shape index (κ2) is 10.5. The Kier molecular flexibility index (Phi) is 8.32. The molecule has 2 aromatic rings. The van der Waals surface area contributed by atoms with Gasteiger partial charge in [0.05, 0.1) is 11.1 Å². The zero-order valence-electron chi connectivity index (χ0n) is 17.6. The molecule has 4 nitrogen and oxygen atoms in total. The molecule has 0 fully saturated rings. The minimum absolute atomic E-state index is 0.228. The van der Waals surface area contributed by atoms with Crippen molar-refractivity contribution in [1.29, 1.82) is 0 Å². The topological polar surface area (TPSA) is 74.6 Å². The normalized spacial score (nSPS) is 11.2. The van der Waals surface area contributed by atoms with Gasteiger partial charge in [0, 0.05) is 9.79 Å². The smallest absolute Gasteiger partial charge is 0.336 e. The van der Waals surface area contributed by atoms with E-state index in [0.29, 0.717) is 21.6 Å². The molecule has 0 aliphatic heterocycles. The Morgan fingerprint density at radius 2 is 1.14 bits per heavy atom. The molecular formula is C24H30O4S. The minimum Gasteiger partial charge on any atom is -0.478 e. The van der Waals surface area contributed by atoms with Crippen LogP contribution in [0.3, 0.4) is 0 Å². The van der Waals surface area contributed by atoms with E-state index in [1.807, 2.05) is 12.1 Å². The Balaban J connectivity index is 2.56. The van der Waals surface area contributed by atoms with Crippen LogP contribution in [-0.2, 0) is 12.8 Å². The Hall–Kier alpha value is -2.27. The summed E-state index contributed by atoms with van der Waals surface area (Å²) in [4.78, 5) is 25.1. The maximum atomic E-state index is 11.9. The van der Waals surface area contributed by atoms with E-state index in [1.165, 1.54) is 11.8 Å². The van der Waals surface area contributed by atoms with Crippen molar-refractivity contribution in [3.8, 4) is 0 Å². The van der Waals surface area contributed by atoms with Crippen LogP contribution in [0.1, 0.15) is 72.4 Å². The van der Waals surface area contributed by atoms with Crippen LogP contribution in [0.5, 0.6) is 0 Å². The highest BCUT2D eigenvalue weighted by atomic mass is 32.2. The molecule has 5 heteroatoms. The Morgan fingerprint density at radius 1 is 0.759 bits per heavy atom. The van der Waals surface area contributed by atoms with Crippen molar-refractivity contribution in [1.82, 2.24) is 0 Å². The first-order valence-electron chi connectivity index (χ1n) is 10.1. The second-order valence-corrected chi connectivity index (χ2v) is 9.19. The molecule has 2 rings (SSSR count). The van der Waals surface area contributed by atoms with Crippen molar-refractivity contribution >= 4 is 23.7 Å². The number of benzene rings is 2. The van der Waals surface area contributed by atoms with Gasteiger partial charge in [-0.15, -0.1) is 0 Å². The fraction of sp³-hybridized carbons (Fsp3) is 0.417. The molecule has 0 atom stereocenters. The third-order valence-corrected chi connectivity index (χ3v) is 6.21. The number of rotatable bonds is 10. The summed E-state index contributed by atoms with van der Waals surface area (Å²) in [6.07, 6.45) is 3.41. The molecule has 156 valence electrons. The highest BCUT2D eigenvalue weighted by Crippen LogP contribution is 2.39. The molecule has 0 aliphatic carbocycles. The number of aryl methyl sites for hydroxylation is 2. The molecule has 0 aliphatic rings. The van der Waals surface area contributed by atoms with Crippen molar-refractivity contribution in [3.05, 3.63) is 58.7 Å². The molecule has 0 amide bonds. The first-order chi connectivity index (χ1) is 13.7. The molecule has 0 spiro atoms. The van der Waals surface area contributed by atoms with Gasteiger partial charge in [-0.3, -0.25) is 0 Å². The average molecular weight is 415 g/mol. The van der Waals surface area contributed by atoms with Crippen molar-refractivity contribution < 1.29 is 19.8 Å². The minimum atomic E-state index is -0.990. The molecule has 0 saturated carbocycles. The first kappa shape index (κ1) is 23.0. The summed E-state index contributed by atoms with van der Waals surface area (Å²) in [5.41, 5.74) is 2.37. The van der Waals surface area contributed by atoms with Crippen LogP contribution < -0.4 is 0 Å². The summed E-state index contributed by atoms with van der Waals surface area (Å²) < 4.78 is 0. The number of aromatic carboxylic acids is 2. The van der Waals surface area contributed by atoms with Gasteiger partial charge in [-0.1, -0.05) is 63.7 Å². The molecule has 2 aromatic carbocycles. The summed E-state index contributed by atoms with van der Waals surface area (Å²) in [6, 6.07) is 10.6. The predicted molar refractivity (Wildman–Crippen MR) is 117 cm³/mol. The summed E-state index contributed by atoms with van der Waals surface area (Å²) in [5.74, 6) is -0.991. The molecule has 0 saturated heterocycles. The van der Waals surface area contributed by atoms with E-state index in [1.54, 1.807) is 24.3 Å².